The van der Waals surface area contributed by atoms with Crippen LogP contribution in [0.3, 0.4) is 0 Å². The van der Waals surface area contributed by atoms with Crippen LogP contribution in [0, 0.1) is 0 Å². The number of amides is 2. The normalized spacial score (nSPS) is 27.1. The Morgan fingerprint density at radius 1 is 1.33 bits per heavy atom. The Balaban J connectivity index is 1.93. The van der Waals surface area contributed by atoms with E-state index in [4.69, 9.17) is 9.84 Å². The second kappa shape index (κ2) is 4.81. The van der Waals surface area contributed by atoms with Crippen LogP contribution >= 0.6 is 0 Å². The van der Waals surface area contributed by atoms with E-state index >= 15 is 0 Å². The molecule has 15 heavy (non-hydrogen) atoms. The van der Waals surface area contributed by atoms with Gasteiger partial charge in [-0.15, -0.1) is 0 Å². The van der Waals surface area contributed by atoms with Crippen molar-refractivity contribution in [1.29, 1.82) is 0 Å². The van der Waals surface area contributed by atoms with Crippen LogP contribution in [0.25, 0.3) is 0 Å². The Morgan fingerprint density at radius 3 is 2.73 bits per heavy atom. The summed E-state index contributed by atoms with van der Waals surface area (Å²) < 4.78 is 5.20. The number of hydrogen-bond donors (Lipinski definition) is 1. The molecule has 5 nitrogen and oxygen atoms in total. The highest BCUT2D eigenvalue weighted by molar-refractivity contribution is 5.75. The quantitative estimate of drug-likeness (QED) is 0.663. The Bertz CT molecular complexity index is 229. The number of morpholine rings is 1. The van der Waals surface area contributed by atoms with E-state index in [-0.39, 0.29) is 18.7 Å². The number of urea groups is 1. The maximum atomic E-state index is 12.1. The van der Waals surface area contributed by atoms with Gasteiger partial charge in [0.25, 0.3) is 0 Å². The molecule has 0 radical (unpaired) electrons. The van der Waals surface area contributed by atoms with Crippen molar-refractivity contribution < 1.29 is 14.6 Å². The number of hydrogen-bond acceptors (Lipinski definition) is 3. The molecule has 0 spiro atoms. The van der Waals surface area contributed by atoms with Crippen molar-refractivity contribution >= 4 is 6.03 Å². The number of aliphatic hydroxyl groups is 1. The van der Waals surface area contributed by atoms with Crippen molar-refractivity contribution in [2.75, 3.05) is 39.5 Å². The van der Waals surface area contributed by atoms with Gasteiger partial charge < -0.3 is 19.6 Å². The molecular weight excluding hydrogens is 196 g/mol. The third-order valence-corrected chi connectivity index (χ3v) is 3.12. The number of aliphatic hydroxyl groups excluding tert-OH is 1. The van der Waals surface area contributed by atoms with Crippen molar-refractivity contribution in [3.8, 4) is 0 Å². The van der Waals surface area contributed by atoms with E-state index in [0.717, 1.165) is 19.4 Å². The molecule has 0 aromatic rings. The molecule has 2 aliphatic rings. The van der Waals surface area contributed by atoms with Gasteiger partial charge in [0.1, 0.15) is 0 Å². The molecule has 2 aliphatic heterocycles. The van der Waals surface area contributed by atoms with E-state index in [1.165, 1.54) is 0 Å². The molecule has 0 bridgehead atoms. The summed E-state index contributed by atoms with van der Waals surface area (Å²) in [6.45, 7) is 3.46. The Morgan fingerprint density at radius 2 is 2.07 bits per heavy atom. The molecule has 5 heteroatoms. The first kappa shape index (κ1) is 10.7. The van der Waals surface area contributed by atoms with Gasteiger partial charge in [-0.1, -0.05) is 0 Å². The monoisotopic (exact) mass is 214 g/mol. The smallest absolute Gasteiger partial charge is 0.320 e. The van der Waals surface area contributed by atoms with Crippen molar-refractivity contribution in [3.05, 3.63) is 0 Å². The van der Waals surface area contributed by atoms with Crippen molar-refractivity contribution in [3.63, 3.8) is 0 Å². The summed E-state index contributed by atoms with van der Waals surface area (Å²) in [5, 5.41) is 9.15. The second-order valence-electron chi connectivity index (χ2n) is 4.05. The highest BCUT2D eigenvalue weighted by Gasteiger charge is 2.31. The molecule has 86 valence electrons. The summed E-state index contributed by atoms with van der Waals surface area (Å²) in [4.78, 5) is 15.7. The minimum atomic E-state index is 0.0281. The van der Waals surface area contributed by atoms with Gasteiger partial charge in [-0.05, 0) is 12.8 Å². The zero-order valence-electron chi connectivity index (χ0n) is 8.89. The lowest BCUT2D eigenvalue weighted by Crippen LogP contribution is -2.50. The maximum Gasteiger partial charge on any atom is 0.320 e. The maximum absolute atomic E-state index is 12.1. The molecule has 2 amide bonds. The molecule has 0 unspecified atom stereocenters. The van der Waals surface area contributed by atoms with Gasteiger partial charge in [0.05, 0.1) is 25.9 Å². The van der Waals surface area contributed by atoms with E-state index in [2.05, 4.69) is 0 Å². The standard InChI is InChI=1S/C10H18N2O3/c13-8-9-2-1-3-12(9)10(14)11-4-6-15-7-5-11/h9,13H,1-8H2/t9-/m1/s1. The zero-order valence-corrected chi connectivity index (χ0v) is 8.89. The third-order valence-electron chi connectivity index (χ3n) is 3.12. The van der Waals surface area contributed by atoms with Gasteiger partial charge in [0, 0.05) is 19.6 Å². The average Bonchev–Trinajstić information content (AvgIpc) is 2.77. The molecule has 1 atom stereocenters. The first-order valence-corrected chi connectivity index (χ1v) is 5.57. The minimum Gasteiger partial charge on any atom is -0.394 e. The van der Waals surface area contributed by atoms with Gasteiger partial charge in [-0.2, -0.15) is 0 Å². The summed E-state index contributed by atoms with van der Waals surface area (Å²) in [6, 6.07) is 0.0928. The predicted octanol–water partition coefficient (Wildman–Crippen LogP) is -0.105. The van der Waals surface area contributed by atoms with Crippen LogP contribution in [0.15, 0.2) is 0 Å². The third kappa shape index (κ3) is 2.23. The van der Waals surface area contributed by atoms with Gasteiger partial charge in [0.15, 0.2) is 0 Å². The summed E-state index contributed by atoms with van der Waals surface area (Å²) >= 11 is 0. The fourth-order valence-electron chi connectivity index (χ4n) is 2.21. The largest absolute Gasteiger partial charge is 0.394 e. The molecule has 2 fully saturated rings. The number of likely N-dealkylation sites (tertiary alicyclic amines) is 1. The zero-order chi connectivity index (χ0) is 10.7. The average molecular weight is 214 g/mol. The fraction of sp³-hybridized carbons (Fsp3) is 0.900. The van der Waals surface area contributed by atoms with Crippen LogP contribution in [-0.4, -0.2) is 66.4 Å². The first-order chi connectivity index (χ1) is 7.33. The molecule has 0 aromatic carbocycles. The molecule has 0 aliphatic carbocycles. The van der Waals surface area contributed by atoms with Crippen LogP contribution in [-0.2, 0) is 4.74 Å². The number of carbonyl (C=O) groups is 1. The van der Waals surface area contributed by atoms with Crippen LogP contribution in [0.1, 0.15) is 12.8 Å². The predicted molar refractivity (Wildman–Crippen MR) is 54.6 cm³/mol. The van der Waals surface area contributed by atoms with E-state index in [9.17, 15) is 4.79 Å². The van der Waals surface area contributed by atoms with Crippen LogP contribution in [0.5, 0.6) is 0 Å². The van der Waals surface area contributed by atoms with Crippen molar-refractivity contribution in [1.82, 2.24) is 9.80 Å². The number of carbonyl (C=O) groups excluding carboxylic acids is 1. The molecule has 0 saturated carbocycles. The summed E-state index contributed by atoms with van der Waals surface area (Å²) in [5.74, 6) is 0. The summed E-state index contributed by atoms with van der Waals surface area (Å²) in [7, 11) is 0. The first-order valence-electron chi connectivity index (χ1n) is 5.57. The van der Waals surface area contributed by atoms with Crippen molar-refractivity contribution in [2.45, 2.75) is 18.9 Å². The van der Waals surface area contributed by atoms with Crippen LogP contribution < -0.4 is 0 Å². The highest BCUT2D eigenvalue weighted by atomic mass is 16.5. The molecule has 1 N–H and O–H groups in total. The molecular formula is C10H18N2O3. The molecule has 2 heterocycles. The van der Waals surface area contributed by atoms with Gasteiger partial charge in [-0.3, -0.25) is 0 Å². The lowest BCUT2D eigenvalue weighted by molar-refractivity contribution is 0.0396. The van der Waals surface area contributed by atoms with Gasteiger partial charge in [-0.25, -0.2) is 4.79 Å². The van der Waals surface area contributed by atoms with E-state index in [1.807, 2.05) is 4.90 Å². The Labute approximate surface area is 89.6 Å². The van der Waals surface area contributed by atoms with Crippen LogP contribution in [0.2, 0.25) is 0 Å². The number of ether oxygens (including phenoxy) is 1. The topological polar surface area (TPSA) is 53.0 Å². The van der Waals surface area contributed by atoms with E-state index in [0.29, 0.717) is 26.3 Å². The summed E-state index contributed by atoms with van der Waals surface area (Å²) in [5.41, 5.74) is 0. The lowest BCUT2D eigenvalue weighted by Gasteiger charge is -2.33. The highest BCUT2D eigenvalue weighted by Crippen LogP contribution is 2.18. The van der Waals surface area contributed by atoms with Gasteiger partial charge >= 0.3 is 6.03 Å². The lowest BCUT2D eigenvalue weighted by atomic mass is 10.2. The second-order valence-corrected chi connectivity index (χ2v) is 4.05. The number of rotatable bonds is 1. The molecule has 2 saturated heterocycles. The van der Waals surface area contributed by atoms with Crippen LogP contribution in [0.4, 0.5) is 4.79 Å². The fourth-order valence-corrected chi connectivity index (χ4v) is 2.21. The summed E-state index contributed by atoms with van der Waals surface area (Å²) in [6.07, 6.45) is 1.92. The Hall–Kier alpha value is -0.810. The molecule has 0 aromatic heterocycles. The Kier molecular flexibility index (Phi) is 3.43. The van der Waals surface area contributed by atoms with E-state index < -0.39 is 0 Å². The van der Waals surface area contributed by atoms with Crippen molar-refractivity contribution in [2.24, 2.45) is 0 Å². The SMILES string of the molecule is O=C(N1CCOCC1)N1CCC[C@@H]1CO. The number of nitrogens with zero attached hydrogens (tertiary/aromatic N) is 2. The minimum absolute atomic E-state index is 0.0281. The molecule has 2 rings (SSSR count). The van der Waals surface area contributed by atoms with E-state index in [1.54, 1.807) is 4.90 Å². The van der Waals surface area contributed by atoms with Gasteiger partial charge in [0.2, 0.25) is 0 Å².